The van der Waals surface area contributed by atoms with Crippen molar-refractivity contribution in [2.75, 3.05) is 13.7 Å². The number of hydrogen-bond acceptors (Lipinski definition) is 4. The molecular formula is C15H22N4O. The van der Waals surface area contributed by atoms with E-state index < -0.39 is 0 Å². The highest BCUT2D eigenvalue weighted by Crippen LogP contribution is 2.18. The first kappa shape index (κ1) is 14.5. The molecule has 0 aliphatic heterocycles. The van der Waals surface area contributed by atoms with E-state index in [-0.39, 0.29) is 6.04 Å². The van der Waals surface area contributed by atoms with Crippen LogP contribution >= 0.6 is 0 Å². The average Bonchev–Trinajstić information content (AvgIpc) is 2.90. The highest BCUT2D eigenvalue weighted by molar-refractivity contribution is 5.21. The van der Waals surface area contributed by atoms with Gasteiger partial charge in [-0.1, -0.05) is 13.0 Å². The number of aromatic nitrogens is 3. The van der Waals surface area contributed by atoms with Crippen LogP contribution in [0.5, 0.6) is 5.88 Å². The number of nitrogens with zero attached hydrogens (tertiary/aromatic N) is 3. The molecule has 108 valence electrons. The van der Waals surface area contributed by atoms with Crippen molar-refractivity contribution in [2.45, 2.75) is 25.8 Å². The molecule has 1 atom stereocenters. The van der Waals surface area contributed by atoms with Crippen molar-refractivity contribution in [3.63, 3.8) is 0 Å². The van der Waals surface area contributed by atoms with Gasteiger partial charge in [0.1, 0.15) is 0 Å². The Labute approximate surface area is 120 Å². The van der Waals surface area contributed by atoms with Gasteiger partial charge >= 0.3 is 0 Å². The predicted octanol–water partition coefficient (Wildman–Crippen LogP) is 2.11. The van der Waals surface area contributed by atoms with Crippen molar-refractivity contribution < 1.29 is 4.74 Å². The van der Waals surface area contributed by atoms with E-state index in [1.807, 2.05) is 30.2 Å². The molecule has 0 aliphatic carbocycles. The van der Waals surface area contributed by atoms with Gasteiger partial charge in [0.2, 0.25) is 5.88 Å². The van der Waals surface area contributed by atoms with Gasteiger partial charge in [-0.2, -0.15) is 5.10 Å². The minimum absolute atomic E-state index is 0.263. The van der Waals surface area contributed by atoms with Crippen LogP contribution in [0.1, 0.15) is 30.5 Å². The number of pyridine rings is 1. The summed E-state index contributed by atoms with van der Waals surface area (Å²) in [5, 5.41) is 7.82. The SMILES string of the molecule is CCCNC(Cc1ccc(OC)nc1)c1cnn(C)c1. The lowest BCUT2D eigenvalue weighted by Gasteiger charge is -2.17. The van der Waals surface area contributed by atoms with Gasteiger partial charge in [0.25, 0.3) is 0 Å². The molecule has 0 bridgehead atoms. The van der Waals surface area contributed by atoms with Crippen molar-refractivity contribution in [2.24, 2.45) is 7.05 Å². The van der Waals surface area contributed by atoms with Crippen molar-refractivity contribution in [1.29, 1.82) is 0 Å². The average molecular weight is 274 g/mol. The monoisotopic (exact) mass is 274 g/mol. The molecule has 0 saturated heterocycles. The Balaban J connectivity index is 2.10. The third-order valence-electron chi connectivity index (χ3n) is 3.21. The van der Waals surface area contributed by atoms with Gasteiger partial charge in [0, 0.05) is 37.1 Å². The van der Waals surface area contributed by atoms with Crippen molar-refractivity contribution >= 4 is 0 Å². The summed E-state index contributed by atoms with van der Waals surface area (Å²) in [6.45, 7) is 3.16. The second-order valence-electron chi connectivity index (χ2n) is 4.87. The smallest absolute Gasteiger partial charge is 0.212 e. The Hall–Kier alpha value is -1.88. The first-order chi connectivity index (χ1) is 9.72. The first-order valence-electron chi connectivity index (χ1n) is 6.93. The van der Waals surface area contributed by atoms with E-state index in [4.69, 9.17) is 4.74 Å². The Morgan fingerprint density at radius 2 is 2.20 bits per heavy atom. The molecule has 2 rings (SSSR count). The van der Waals surface area contributed by atoms with E-state index in [9.17, 15) is 0 Å². The summed E-state index contributed by atoms with van der Waals surface area (Å²) in [5.41, 5.74) is 2.39. The molecule has 20 heavy (non-hydrogen) atoms. The summed E-state index contributed by atoms with van der Waals surface area (Å²) in [6.07, 6.45) is 7.85. The van der Waals surface area contributed by atoms with Crippen LogP contribution in [0.4, 0.5) is 0 Å². The van der Waals surface area contributed by atoms with E-state index in [0.29, 0.717) is 5.88 Å². The molecule has 1 N–H and O–H groups in total. The standard InChI is InChI=1S/C15H22N4O/c1-4-7-16-14(13-10-18-19(2)11-13)8-12-5-6-15(20-3)17-9-12/h5-6,9-11,14,16H,4,7-8H2,1-3H3. The number of hydrogen-bond donors (Lipinski definition) is 1. The second-order valence-corrected chi connectivity index (χ2v) is 4.87. The maximum atomic E-state index is 5.09. The molecule has 0 radical (unpaired) electrons. The molecule has 5 nitrogen and oxygen atoms in total. The molecule has 2 heterocycles. The van der Waals surface area contributed by atoms with Gasteiger partial charge in [-0.15, -0.1) is 0 Å². The summed E-state index contributed by atoms with van der Waals surface area (Å²) in [7, 11) is 3.57. The molecule has 2 aromatic rings. The van der Waals surface area contributed by atoms with Gasteiger partial charge in [-0.25, -0.2) is 4.98 Å². The minimum atomic E-state index is 0.263. The van der Waals surface area contributed by atoms with Crippen molar-refractivity contribution in [3.8, 4) is 5.88 Å². The van der Waals surface area contributed by atoms with Crippen LogP contribution in [-0.2, 0) is 13.5 Å². The molecule has 0 saturated carbocycles. The van der Waals surface area contributed by atoms with E-state index in [2.05, 4.69) is 34.6 Å². The van der Waals surface area contributed by atoms with Crippen molar-refractivity contribution in [3.05, 3.63) is 41.9 Å². The minimum Gasteiger partial charge on any atom is -0.481 e. The third kappa shape index (κ3) is 3.81. The van der Waals surface area contributed by atoms with E-state index in [0.717, 1.165) is 19.4 Å². The van der Waals surface area contributed by atoms with Crippen LogP contribution < -0.4 is 10.1 Å². The summed E-state index contributed by atoms with van der Waals surface area (Å²) >= 11 is 0. The highest BCUT2D eigenvalue weighted by atomic mass is 16.5. The molecule has 0 aromatic carbocycles. The lowest BCUT2D eigenvalue weighted by Crippen LogP contribution is -2.23. The molecule has 0 amide bonds. The van der Waals surface area contributed by atoms with Crippen LogP contribution in [0.25, 0.3) is 0 Å². The van der Waals surface area contributed by atoms with Crippen LogP contribution in [0.15, 0.2) is 30.7 Å². The Bertz CT molecular complexity index is 521. The molecule has 5 heteroatoms. The van der Waals surface area contributed by atoms with Gasteiger partial charge in [0.05, 0.1) is 13.3 Å². The quantitative estimate of drug-likeness (QED) is 0.840. The zero-order chi connectivity index (χ0) is 14.4. The summed E-state index contributed by atoms with van der Waals surface area (Å²) < 4.78 is 6.92. The van der Waals surface area contributed by atoms with Crippen LogP contribution in [0, 0.1) is 0 Å². The van der Waals surface area contributed by atoms with Gasteiger partial charge in [-0.05, 0) is 24.9 Å². The van der Waals surface area contributed by atoms with Crippen LogP contribution in [0.3, 0.4) is 0 Å². The Morgan fingerprint density at radius 1 is 1.35 bits per heavy atom. The number of aryl methyl sites for hydroxylation is 1. The van der Waals surface area contributed by atoms with E-state index in [1.54, 1.807) is 7.11 Å². The molecular weight excluding hydrogens is 252 g/mol. The predicted molar refractivity (Wildman–Crippen MR) is 78.7 cm³/mol. The number of ether oxygens (including phenoxy) is 1. The first-order valence-corrected chi connectivity index (χ1v) is 6.93. The fourth-order valence-electron chi connectivity index (χ4n) is 2.13. The fraction of sp³-hybridized carbons (Fsp3) is 0.467. The zero-order valence-corrected chi connectivity index (χ0v) is 12.3. The maximum Gasteiger partial charge on any atom is 0.212 e. The third-order valence-corrected chi connectivity index (χ3v) is 3.21. The summed E-state index contributed by atoms with van der Waals surface area (Å²) in [6, 6.07) is 4.22. The van der Waals surface area contributed by atoms with Crippen LogP contribution in [0.2, 0.25) is 0 Å². The molecule has 0 fully saturated rings. The maximum absolute atomic E-state index is 5.09. The number of rotatable bonds is 7. The van der Waals surface area contributed by atoms with E-state index >= 15 is 0 Å². The van der Waals surface area contributed by atoms with Crippen molar-refractivity contribution in [1.82, 2.24) is 20.1 Å². The lowest BCUT2D eigenvalue weighted by molar-refractivity contribution is 0.397. The lowest BCUT2D eigenvalue weighted by atomic mass is 10.0. The number of nitrogens with one attached hydrogen (secondary N) is 1. The fourth-order valence-corrected chi connectivity index (χ4v) is 2.13. The molecule has 1 unspecified atom stereocenters. The highest BCUT2D eigenvalue weighted by Gasteiger charge is 2.13. The second kappa shape index (κ2) is 7.05. The number of methoxy groups -OCH3 is 1. The molecule has 0 aliphatic rings. The van der Waals surface area contributed by atoms with E-state index in [1.165, 1.54) is 11.1 Å². The van der Waals surface area contributed by atoms with Crippen LogP contribution in [-0.4, -0.2) is 28.4 Å². The van der Waals surface area contributed by atoms with Gasteiger partial charge in [0.15, 0.2) is 0 Å². The Morgan fingerprint density at radius 3 is 2.75 bits per heavy atom. The topological polar surface area (TPSA) is 52.0 Å². The Kier molecular flexibility index (Phi) is 5.12. The largest absolute Gasteiger partial charge is 0.481 e. The van der Waals surface area contributed by atoms with Gasteiger partial charge in [-0.3, -0.25) is 4.68 Å². The molecule has 2 aromatic heterocycles. The normalized spacial score (nSPS) is 12.3. The molecule has 0 spiro atoms. The zero-order valence-electron chi connectivity index (χ0n) is 12.3. The summed E-state index contributed by atoms with van der Waals surface area (Å²) in [4.78, 5) is 4.26. The van der Waals surface area contributed by atoms with Gasteiger partial charge < -0.3 is 10.1 Å². The summed E-state index contributed by atoms with van der Waals surface area (Å²) in [5.74, 6) is 0.646.